The van der Waals surface area contributed by atoms with E-state index in [1.54, 1.807) is 7.05 Å². The van der Waals surface area contributed by atoms with Gasteiger partial charge in [0.05, 0.1) is 6.54 Å². The van der Waals surface area contributed by atoms with Crippen LogP contribution in [0.4, 0.5) is 0 Å². The number of fused-ring (bicyclic) bond motifs is 1. The summed E-state index contributed by atoms with van der Waals surface area (Å²) in [7, 11) is 1.77. The molecule has 6 heteroatoms. The smallest absolute Gasteiger partial charge is 0.245 e. The van der Waals surface area contributed by atoms with Gasteiger partial charge in [-0.3, -0.25) is 9.59 Å². The lowest BCUT2D eigenvalue weighted by Crippen LogP contribution is -2.58. The second-order valence-electron chi connectivity index (χ2n) is 11.4. The van der Waals surface area contributed by atoms with Gasteiger partial charge in [-0.15, -0.1) is 0 Å². The molecule has 3 atom stereocenters. The van der Waals surface area contributed by atoms with Gasteiger partial charge in [0, 0.05) is 31.1 Å². The SMILES string of the molecule is CNCC(=O)NC(C(=O)N1CCC2CCN(CC(C)(C)c3ccccc3)CC21)C1CCCCC1. The fourth-order valence-electron chi connectivity index (χ4n) is 6.58. The number of carbonyl (C=O) groups is 2. The van der Waals surface area contributed by atoms with Crippen LogP contribution in [-0.2, 0) is 15.0 Å². The molecular weight excluding hydrogens is 424 g/mol. The molecule has 0 spiro atoms. The number of nitrogens with zero attached hydrogens (tertiary/aromatic N) is 2. The van der Waals surface area contributed by atoms with Crippen molar-refractivity contribution in [2.24, 2.45) is 11.8 Å². The van der Waals surface area contributed by atoms with Crippen LogP contribution in [0.15, 0.2) is 30.3 Å². The molecule has 3 aliphatic rings. The molecule has 3 fully saturated rings. The second kappa shape index (κ2) is 11.2. The molecule has 34 heavy (non-hydrogen) atoms. The Bertz CT molecular complexity index is 821. The third kappa shape index (κ3) is 5.83. The average Bonchev–Trinajstić information content (AvgIpc) is 3.26. The highest BCUT2D eigenvalue weighted by Crippen LogP contribution is 2.36. The number of piperidine rings is 1. The second-order valence-corrected chi connectivity index (χ2v) is 11.4. The summed E-state index contributed by atoms with van der Waals surface area (Å²) in [4.78, 5) is 31.1. The molecule has 1 saturated carbocycles. The Labute approximate surface area is 205 Å². The van der Waals surface area contributed by atoms with Crippen LogP contribution in [0.3, 0.4) is 0 Å². The first-order chi connectivity index (χ1) is 16.4. The predicted octanol–water partition coefficient (Wildman–Crippen LogP) is 3.17. The number of likely N-dealkylation sites (tertiary alicyclic amines) is 2. The Balaban J connectivity index is 1.45. The fourth-order valence-corrected chi connectivity index (χ4v) is 6.58. The van der Waals surface area contributed by atoms with E-state index in [9.17, 15) is 9.59 Å². The van der Waals surface area contributed by atoms with Gasteiger partial charge in [0.25, 0.3) is 0 Å². The van der Waals surface area contributed by atoms with Crippen molar-refractivity contribution in [3.8, 4) is 0 Å². The van der Waals surface area contributed by atoms with E-state index in [0.29, 0.717) is 5.92 Å². The Morgan fingerprint density at radius 1 is 1.03 bits per heavy atom. The van der Waals surface area contributed by atoms with Crippen molar-refractivity contribution in [2.45, 2.75) is 76.3 Å². The summed E-state index contributed by atoms with van der Waals surface area (Å²) >= 11 is 0. The van der Waals surface area contributed by atoms with Gasteiger partial charge in [0.2, 0.25) is 11.8 Å². The Kier molecular flexibility index (Phi) is 8.30. The van der Waals surface area contributed by atoms with E-state index in [1.807, 2.05) is 0 Å². The van der Waals surface area contributed by atoms with Crippen molar-refractivity contribution in [2.75, 3.05) is 39.8 Å². The summed E-state index contributed by atoms with van der Waals surface area (Å²) in [6.45, 7) is 8.76. The highest BCUT2D eigenvalue weighted by atomic mass is 16.2. The minimum absolute atomic E-state index is 0.0628. The van der Waals surface area contributed by atoms with Crippen LogP contribution in [0.2, 0.25) is 0 Å². The molecule has 2 N–H and O–H groups in total. The molecule has 2 amide bonds. The van der Waals surface area contributed by atoms with Gasteiger partial charge >= 0.3 is 0 Å². The van der Waals surface area contributed by atoms with Gasteiger partial charge in [-0.2, -0.15) is 0 Å². The molecule has 4 rings (SSSR count). The third-order valence-corrected chi connectivity index (χ3v) is 8.44. The molecule has 188 valence electrons. The summed E-state index contributed by atoms with van der Waals surface area (Å²) in [5, 5.41) is 6.05. The number of nitrogens with one attached hydrogen (secondary N) is 2. The van der Waals surface area contributed by atoms with Crippen molar-refractivity contribution in [3.63, 3.8) is 0 Å². The first kappa shape index (κ1) is 25.2. The summed E-state index contributed by atoms with van der Waals surface area (Å²) in [5.41, 5.74) is 1.42. The molecule has 0 bridgehead atoms. The Morgan fingerprint density at radius 3 is 2.44 bits per heavy atom. The topological polar surface area (TPSA) is 64.7 Å². The van der Waals surface area contributed by atoms with E-state index in [-0.39, 0.29) is 41.8 Å². The zero-order chi connectivity index (χ0) is 24.1. The normalized spacial score (nSPS) is 25.1. The molecule has 0 aromatic heterocycles. The van der Waals surface area contributed by atoms with Crippen LogP contribution in [0.1, 0.15) is 64.4 Å². The van der Waals surface area contributed by atoms with Gasteiger partial charge in [0.15, 0.2) is 0 Å². The van der Waals surface area contributed by atoms with E-state index in [4.69, 9.17) is 0 Å². The maximum Gasteiger partial charge on any atom is 0.245 e. The molecule has 6 nitrogen and oxygen atoms in total. The van der Waals surface area contributed by atoms with Crippen molar-refractivity contribution in [1.29, 1.82) is 0 Å². The number of hydrogen-bond acceptors (Lipinski definition) is 4. The van der Waals surface area contributed by atoms with Crippen molar-refractivity contribution >= 4 is 11.8 Å². The Hall–Kier alpha value is -1.92. The van der Waals surface area contributed by atoms with E-state index in [1.165, 1.54) is 12.0 Å². The largest absolute Gasteiger partial charge is 0.343 e. The maximum atomic E-state index is 13.9. The van der Waals surface area contributed by atoms with Crippen molar-refractivity contribution in [3.05, 3.63) is 35.9 Å². The number of carbonyl (C=O) groups excluding carboxylic acids is 2. The third-order valence-electron chi connectivity index (χ3n) is 8.44. The molecule has 0 radical (unpaired) electrons. The minimum atomic E-state index is -0.379. The van der Waals surface area contributed by atoms with Crippen LogP contribution in [0.25, 0.3) is 0 Å². The fraction of sp³-hybridized carbons (Fsp3) is 0.714. The summed E-state index contributed by atoms with van der Waals surface area (Å²) in [5.74, 6) is 0.933. The number of likely N-dealkylation sites (N-methyl/N-ethyl adjacent to an activating group) is 1. The molecule has 2 heterocycles. The monoisotopic (exact) mass is 468 g/mol. The van der Waals surface area contributed by atoms with Gasteiger partial charge in [0.1, 0.15) is 6.04 Å². The number of hydrogen-bond donors (Lipinski definition) is 2. The summed E-state index contributed by atoms with van der Waals surface area (Å²) in [6, 6.07) is 10.6. The molecule has 3 unspecified atom stereocenters. The first-order valence-corrected chi connectivity index (χ1v) is 13.4. The first-order valence-electron chi connectivity index (χ1n) is 13.4. The molecular formula is C28H44N4O2. The highest BCUT2D eigenvalue weighted by molar-refractivity contribution is 5.89. The number of rotatable bonds is 8. The van der Waals surface area contributed by atoms with Gasteiger partial charge in [-0.1, -0.05) is 63.4 Å². The van der Waals surface area contributed by atoms with Crippen molar-refractivity contribution in [1.82, 2.24) is 20.4 Å². The van der Waals surface area contributed by atoms with Gasteiger partial charge in [-0.05, 0) is 56.7 Å². The maximum absolute atomic E-state index is 13.9. The number of amides is 2. The lowest BCUT2D eigenvalue weighted by atomic mass is 9.82. The van der Waals surface area contributed by atoms with Gasteiger partial charge in [-0.25, -0.2) is 0 Å². The standard InChI is InChI=1S/C28H44N4O2/c1-28(2,23-12-8-5-9-13-23)20-31-16-14-21-15-17-32(24(21)19-31)27(34)26(30-25(33)18-29-3)22-10-6-4-7-11-22/h5,8-9,12-13,21-22,24,26,29H,4,6-7,10-11,14-20H2,1-3H3,(H,30,33). The molecule has 1 aromatic carbocycles. The zero-order valence-corrected chi connectivity index (χ0v) is 21.4. The Morgan fingerprint density at radius 2 is 1.74 bits per heavy atom. The average molecular weight is 469 g/mol. The molecule has 1 aromatic rings. The van der Waals surface area contributed by atoms with Crippen molar-refractivity contribution < 1.29 is 9.59 Å². The quantitative estimate of drug-likeness (QED) is 0.615. The predicted molar refractivity (Wildman–Crippen MR) is 137 cm³/mol. The van der Waals surface area contributed by atoms with E-state index < -0.39 is 0 Å². The lowest BCUT2D eigenvalue weighted by Gasteiger charge is -2.43. The van der Waals surface area contributed by atoms with Crippen LogP contribution >= 0.6 is 0 Å². The van der Waals surface area contributed by atoms with Gasteiger partial charge < -0.3 is 20.4 Å². The molecule has 1 aliphatic carbocycles. The summed E-state index contributed by atoms with van der Waals surface area (Å²) in [6.07, 6.45) is 7.87. The molecule has 2 aliphatic heterocycles. The van der Waals surface area contributed by atoms with E-state index in [0.717, 1.165) is 64.7 Å². The van der Waals surface area contributed by atoms with E-state index >= 15 is 0 Å². The zero-order valence-electron chi connectivity index (χ0n) is 21.4. The highest BCUT2D eigenvalue weighted by Gasteiger charge is 2.44. The van der Waals surface area contributed by atoms with Crippen LogP contribution < -0.4 is 10.6 Å². The minimum Gasteiger partial charge on any atom is -0.343 e. The number of benzene rings is 1. The van der Waals surface area contributed by atoms with Crippen LogP contribution in [-0.4, -0.2) is 73.5 Å². The molecule has 2 saturated heterocycles. The lowest BCUT2D eigenvalue weighted by molar-refractivity contribution is -0.140. The summed E-state index contributed by atoms with van der Waals surface area (Å²) < 4.78 is 0. The van der Waals surface area contributed by atoms with E-state index in [2.05, 4.69) is 64.6 Å². The van der Waals surface area contributed by atoms with Crippen LogP contribution in [0, 0.1) is 11.8 Å². The van der Waals surface area contributed by atoms with Crippen LogP contribution in [0.5, 0.6) is 0 Å².